The molecule has 1 aromatic heterocycles. The highest BCUT2D eigenvalue weighted by Gasteiger charge is 2.17. The smallest absolute Gasteiger partial charge is 0.317 e. The highest BCUT2D eigenvalue weighted by molar-refractivity contribution is 5.22. The van der Waals surface area contributed by atoms with Gasteiger partial charge >= 0.3 is 6.01 Å². The van der Waals surface area contributed by atoms with Crippen LogP contribution in [0.4, 0.5) is 6.01 Å². The summed E-state index contributed by atoms with van der Waals surface area (Å²) in [6, 6.07) is 0.591. The maximum Gasteiger partial charge on any atom is 0.317 e. The summed E-state index contributed by atoms with van der Waals surface area (Å²) in [5.41, 5.74) is 0.212. The van der Waals surface area contributed by atoms with Gasteiger partial charge in [-0.3, -0.25) is 0 Å². The van der Waals surface area contributed by atoms with Crippen LogP contribution in [0.5, 0.6) is 0 Å². The van der Waals surface area contributed by atoms with Gasteiger partial charge in [0.05, 0.1) is 6.54 Å². The average molecular weight is 240 g/mol. The van der Waals surface area contributed by atoms with Crippen LogP contribution >= 0.6 is 0 Å². The molecular formula is C12H24N4O. The van der Waals surface area contributed by atoms with Gasteiger partial charge in [-0.25, -0.2) is 0 Å². The number of rotatable bonds is 6. The third-order valence-electron chi connectivity index (χ3n) is 2.20. The second kappa shape index (κ2) is 6.00. The van der Waals surface area contributed by atoms with E-state index in [1.165, 1.54) is 0 Å². The summed E-state index contributed by atoms with van der Waals surface area (Å²) in [6.07, 6.45) is 1.10. The van der Waals surface area contributed by atoms with Crippen molar-refractivity contribution in [1.29, 1.82) is 0 Å². The summed E-state index contributed by atoms with van der Waals surface area (Å²) >= 11 is 0. The Labute approximate surface area is 104 Å². The predicted octanol–water partition coefficient (Wildman–Crippen LogP) is 2.05. The van der Waals surface area contributed by atoms with Gasteiger partial charge < -0.3 is 14.6 Å². The summed E-state index contributed by atoms with van der Waals surface area (Å²) < 4.78 is 5.58. The van der Waals surface area contributed by atoms with E-state index in [4.69, 9.17) is 4.42 Å². The monoisotopic (exact) mass is 240 g/mol. The van der Waals surface area contributed by atoms with Gasteiger partial charge in [-0.2, -0.15) is 0 Å². The van der Waals surface area contributed by atoms with Crippen molar-refractivity contribution in [3.05, 3.63) is 5.89 Å². The van der Waals surface area contributed by atoms with E-state index >= 15 is 0 Å². The maximum atomic E-state index is 5.58. The molecule has 0 atom stereocenters. The Morgan fingerprint density at radius 3 is 2.59 bits per heavy atom. The summed E-state index contributed by atoms with van der Waals surface area (Å²) in [7, 11) is 1.97. The van der Waals surface area contributed by atoms with Gasteiger partial charge in [-0.05, 0) is 18.4 Å². The minimum absolute atomic E-state index is 0.212. The number of hydrogen-bond donors (Lipinski definition) is 1. The zero-order valence-corrected chi connectivity index (χ0v) is 11.6. The number of hydrogen-bond acceptors (Lipinski definition) is 5. The lowest BCUT2D eigenvalue weighted by Gasteiger charge is -2.24. The van der Waals surface area contributed by atoms with Crippen LogP contribution in [0.15, 0.2) is 4.42 Å². The van der Waals surface area contributed by atoms with E-state index in [1.807, 2.05) is 11.9 Å². The number of anilines is 1. The molecule has 0 aliphatic carbocycles. The fourth-order valence-corrected chi connectivity index (χ4v) is 1.62. The van der Waals surface area contributed by atoms with Crippen LogP contribution in [0, 0.1) is 5.41 Å². The first kappa shape index (κ1) is 14.0. The summed E-state index contributed by atoms with van der Waals surface area (Å²) in [5, 5.41) is 11.3. The lowest BCUT2D eigenvalue weighted by atomic mass is 9.96. The first-order chi connectivity index (χ1) is 7.92. The molecule has 0 aliphatic rings. The second-order valence-electron chi connectivity index (χ2n) is 5.57. The van der Waals surface area contributed by atoms with Gasteiger partial charge in [-0.15, -0.1) is 5.10 Å². The van der Waals surface area contributed by atoms with Gasteiger partial charge in [0.2, 0.25) is 5.89 Å². The Morgan fingerprint density at radius 1 is 1.29 bits per heavy atom. The molecule has 0 saturated carbocycles. The predicted molar refractivity (Wildman–Crippen MR) is 69.0 cm³/mol. The minimum Gasteiger partial charge on any atom is -0.407 e. The van der Waals surface area contributed by atoms with Crippen molar-refractivity contribution in [1.82, 2.24) is 15.5 Å². The first-order valence-electron chi connectivity index (χ1n) is 6.16. The van der Waals surface area contributed by atoms with E-state index < -0.39 is 0 Å². The van der Waals surface area contributed by atoms with Crippen molar-refractivity contribution in [2.24, 2.45) is 5.41 Å². The molecule has 0 aliphatic heterocycles. The van der Waals surface area contributed by atoms with Gasteiger partial charge in [0, 0.05) is 13.6 Å². The van der Waals surface area contributed by atoms with Crippen LogP contribution in [-0.4, -0.2) is 30.3 Å². The van der Waals surface area contributed by atoms with Crippen molar-refractivity contribution < 1.29 is 4.42 Å². The second-order valence-corrected chi connectivity index (χ2v) is 5.57. The van der Waals surface area contributed by atoms with Crippen LogP contribution in [0.1, 0.15) is 40.0 Å². The molecule has 1 rings (SSSR count). The fourth-order valence-electron chi connectivity index (χ4n) is 1.62. The van der Waals surface area contributed by atoms with E-state index in [0.29, 0.717) is 18.5 Å². The first-order valence-corrected chi connectivity index (χ1v) is 6.16. The van der Waals surface area contributed by atoms with Gasteiger partial charge in [0.15, 0.2) is 0 Å². The van der Waals surface area contributed by atoms with Crippen LogP contribution < -0.4 is 10.2 Å². The zero-order chi connectivity index (χ0) is 12.9. The SMILES string of the molecule is CCCNCc1nnc(N(C)CC(C)(C)C)o1. The normalized spacial score (nSPS) is 11.8. The highest BCUT2D eigenvalue weighted by Crippen LogP contribution is 2.18. The Bertz CT molecular complexity index is 329. The molecule has 0 unspecified atom stereocenters. The van der Waals surface area contributed by atoms with Crippen molar-refractivity contribution >= 4 is 6.01 Å². The minimum atomic E-state index is 0.212. The Morgan fingerprint density at radius 2 is 2.00 bits per heavy atom. The molecule has 1 aromatic rings. The molecule has 1 N–H and O–H groups in total. The van der Waals surface area contributed by atoms with Crippen LogP contribution in [0.2, 0.25) is 0 Å². The van der Waals surface area contributed by atoms with Crippen molar-refractivity contribution in [3.8, 4) is 0 Å². The molecule has 1 heterocycles. The molecule has 0 saturated heterocycles. The molecule has 0 aromatic carbocycles. The van der Waals surface area contributed by atoms with Crippen LogP contribution in [0.3, 0.4) is 0 Å². The standard InChI is InChI=1S/C12H24N4O/c1-6-7-13-8-10-14-15-11(17-10)16(5)9-12(2,3)4/h13H,6-9H2,1-5H3. The van der Waals surface area contributed by atoms with Crippen LogP contribution in [0.25, 0.3) is 0 Å². The average Bonchev–Trinajstić information content (AvgIpc) is 2.64. The van der Waals surface area contributed by atoms with E-state index in [9.17, 15) is 0 Å². The molecule has 0 spiro atoms. The largest absolute Gasteiger partial charge is 0.407 e. The Kier molecular flexibility index (Phi) is 4.93. The zero-order valence-electron chi connectivity index (χ0n) is 11.6. The highest BCUT2D eigenvalue weighted by atomic mass is 16.4. The maximum absolute atomic E-state index is 5.58. The molecule has 0 bridgehead atoms. The van der Waals surface area contributed by atoms with Crippen LogP contribution in [-0.2, 0) is 6.54 Å². The molecule has 0 amide bonds. The van der Waals surface area contributed by atoms with E-state index in [1.54, 1.807) is 0 Å². The Balaban J connectivity index is 2.49. The molecule has 0 fully saturated rings. The van der Waals surface area contributed by atoms with Crippen molar-refractivity contribution in [2.75, 3.05) is 25.0 Å². The van der Waals surface area contributed by atoms with E-state index in [2.05, 4.69) is 43.2 Å². The number of nitrogens with zero attached hydrogens (tertiary/aromatic N) is 3. The molecule has 5 heteroatoms. The van der Waals surface area contributed by atoms with Gasteiger partial charge in [0.1, 0.15) is 0 Å². The summed E-state index contributed by atoms with van der Waals surface area (Å²) in [5.74, 6) is 0.647. The number of aromatic nitrogens is 2. The number of nitrogens with one attached hydrogen (secondary N) is 1. The van der Waals surface area contributed by atoms with Crippen molar-refractivity contribution in [2.45, 2.75) is 40.7 Å². The lowest BCUT2D eigenvalue weighted by Crippen LogP contribution is -2.29. The van der Waals surface area contributed by atoms with Gasteiger partial charge in [-0.1, -0.05) is 32.8 Å². The summed E-state index contributed by atoms with van der Waals surface area (Å²) in [6.45, 7) is 11.2. The Hall–Kier alpha value is -1.10. The quantitative estimate of drug-likeness (QED) is 0.771. The van der Waals surface area contributed by atoms with E-state index in [0.717, 1.165) is 19.5 Å². The fraction of sp³-hybridized carbons (Fsp3) is 0.833. The molecule has 5 nitrogen and oxygen atoms in total. The molecule has 98 valence electrons. The third-order valence-corrected chi connectivity index (χ3v) is 2.20. The lowest BCUT2D eigenvalue weighted by molar-refractivity contribution is 0.396. The third kappa shape index (κ3) is 5.17. The molecular weight excluding hydrogens is 216 g/mol. The molecule has 0 radical (unpaired) electrons. The summed E-state index contributed by atoms with van der Waals surface area (Å²) in [4.78, 5) is 2.00. The van der Waals surface area contributed by atoms with Crippen molar-refractivity contribution in [3.63, 3.8) is 0 Å². The van der Waals surface area contributed by atoms with E-state index in [-0.39, 0.29) is 5.41 Å². The topological polar surface area (TPSA) is 54.2 Å². The molecule has 17 heavy (non-hydrogen) atoms. The van der Waals surface area contributed by atoms with Gasteiger partial charge in [0.25, 0.3) is 0 Å².